The van der Waals surface area contributed by atoms with Gasteiger partial charge in [-0.2, -0.15) is 0 Å². The lowest BCUT2D eigenvalue weighted by molar-refractivity contribution is -0.137. The van der Waals surface area contributed by atoms with Crippen molar-refractivity contribution in [3.8, 4) is 11.5 Å². The Hall–Kier alpha value is -3.23. The normalized spacial score (nSPS) is 17.0. The molecule has 9 heteroatoms. The molecule has 2 aromatic rings. The van der Waals surface area contributed by atoms with Gasteiger partial charge < -0.3 is 20.3 Å². The summed E-state index contributed by atoms with van der Waals surface area (Å²) in [5, 5.41) is 0. The van der Waals surface area contributed by atoms with Gasteiger partial charge in [-0.25, -0.2) is 18.0 Å². The van der Waals surface area contributed by atoms with Gasteiger partial charge in [0, 0.05) is 45.1 Å². The SMILES string of the molecule is CC(F)(F)c1ccc(Oc2ccc3c(c2)CN(C(=O)C2CCN(C(N)=O)CC2)CC3)cc1F. The number of benzene rings is 2. The molecule has 2 N–H and O–H groups in total. The standard InChI is InChI=1S/C24H26F3N3O3/c1-24(26,27)20-5-4-19(13-21(20)25)33-18-3-2-15-6-11-30(14-17(15)12-18)22(31)16-7-9-29(10-8-16)23(28)32/h2-5,12-13,16H,6-11,14H2,1H3,(H2,28,32). The van der Waals surface area contributed by atoms with Crippen molar-refractivity contribution >= 4 is 11.9 Å². The molecule has 0 radical (unpaired) electrons. The van der Waals surface area contributed by atoms with E-state index in [4.69, 9.17) is 10.5 Å². The molecule has 33 heavy (non-hydrogen) atoms. The van der Waals surface area contributed by atoms with Gasteiger partial charge in [0.15, 0.2) is 0 Å². The molecular formula is C24H26F3N3O3. The van der Waals surface area contributed by atoms with Crippen molar-refractivity contribution in [3.63, 3.8) is 0 Å². The van der Waals surface area contributed by atoms with Crippen LogP contribution in [0.3, 0.4) is 0 Å². The number of piperidine rings is 1. The molecule has 0 aromatic heterocycles. The number of amides is 3. The number of ether oxygens (including phenoxy) is 1. The van der Waals surface area contributed by atoms with Gasteiger partial charge in [0.1, 0.15) is 17.3 Å². The molecule has 2 aliphatic heterocycles. The Balaban J connectivity index is 1.43. The second-order valence-corrected chi connectivity index (χ2v) is 8.67. The first kappa shape index (κ1) is 22.9. The number of halogens is 3. The lowest BCUT2D eigenvalue weighted by Crippen LogP contribution is -2.46. The van der Waals surface area contributed by atoms with Crippen LogP contribution in [0.4, 0.5) is 18.0 Å². The molecule has 0 atom stereocenters. The van der Waals surface area contributed by atoms with E-state index < -0.39 is 23.3 Å². The maximum Gasteiger partial charge on any atom is 0.314 e. The van der Waals surface area contributed by atoms with Crippen LogP contribution in [0.2, 0.25) is 0 Å². The second kappa shape index (κ2) is 8.96. The first-order valence-corrected chi connectivity index (χ1v) is 10.9. The summed E-state index contributed by atoms with van der Waals surface area (Å²) in [6, 6.07) is 8.26. The van der Waals surface area contributed by atoms with Gasteiger partial charge in [0.25, 0.3) is 5.92 Å². The third-order valence-corrected chi connectivity index (χ3v) is 6.31. The highest BCUT2D eigenvalue weighted by molar-refractivity contribution is 5.80. The molecule has 2 aromatic carbocycles. The molecule has 2 heterocycles. The number of fused-ring (bicyclic) bond motifs is 1. The number of rotatable bonds is 4. The van der Waals surface area contributed by atoms with Gasteiger partial charge in [-0.1, -0.05) is 6.07 Å². The van der Waals surface area contributed by atoms with Crippen LogP contribution in [0.5, 0.6) is 11.5 Å². The predicted octanol–water partition coefficient (Wildman–Crippen LogP) is 4.41. The highest BCUT2D eigenvalue weighted by Gasteiger charge is 2.31. The van der Waals surface area contributed by atoms with E-state index >= 15 is 0 Å². The maximum atomic E-state index is 14.1. The molecule has 3 amide bonds. The average Bonchev–Trinajstić information content (AvgIpc) is 2.77. The van der Waals surface area contributed by atoms with E-state index in [-0.39, 0.29) is 17.6 Å². The second-order valence-electron chi connectivity index (χ2n) is 8.67. The Bertz CT molecular complexity index is 1060. The van der Waals surface area contributed by atoms with E-state index in [9.17, 15) is 22.8 Å². The summed E-state index contributed by atoms with van der Waals surface area (Å²) in [5.74, 6) is -3.83. The van der Waals surface area contributed by atoms with Crippen molar-refractivity contribution in [1.82, 2.24) is 9.80 Å². The lowest BCUT2D eigenvalue weighted by atomic mass is 9.93. The van der Waals surface area contributed by atoms with Crippen LogP contribution in [0.25, 0.3) is 0 Å². The highest BCUT2D eigenvalue weighted by atomic mass is 19.3. The van der Waals surface area contributed by atoms with E-state index in [1.165, 1.54) is 6.07 Å². The summed E-state index contributed by atoms with van der Waals surface area (Å²) in [7, 11) is 0. The van der Waals surface area contributed by atoms with Gasteiger partial charge in [-0.05, 0) is 54.7 Å². The number of urea groups is 1. The van der Waals surface area contributed by atoms with Crippen molar-refractivity contribution in [2.45, 2.75) is 38.7 Å². The molecule has 0 spiro atoms. The molecule has 4 rings (SSSR count). The fraction of sp³-hybridized carbons (Fsp3) is 0.417. The molecule has 2 aliphatic rings. The number of alkyl halides is 2. The molecule has 0 unspecified atom stereocenters. The van der Waals surface area contributed by atoms with Crippen molar-refractivity contribution < 1.29 is 27.5 Å². The summed E-state index contributed by atoms with van der Waals surface area (Å²) >= 11 is 0. The monoisotopic (exact) mass is 461 g/mol. The average molecular weight is 461 g/mol. The number of hydrogen-bond donors (Lipinski definition) is 1. The van der Waals surface area contributed by atoms with Gasteiger partial charge in [-0.3, -0.25) is 4.79 Å². The van der Waals surface area contributed by atoms with E-state index in [1.54, 1.807) is 17.0 Å². The van der Waals surface area contributed by atoms with Crippen molar-refractivity contribution in [3.05, 3.63) is 58.9 Å². The number of likely N-dealkylation sites (tertiary alicyclic amines) is 1. The molecular weight excluding hydrogens is 435 g/mol. The van der Waals surface area contributed by atoms with Gasteiger partial charge in [-0.15, -0.1) is 0 Å². The number of carbonyl (C=O) groups is 2. The summed E-state index contributed by atoms with van der Waals surface area (Å²) in [6.07, 6.45) is 1.88. The fourth-order valence-corrected chi connectivity index (χ4v) is 4.44. The van der Waals surface area contributed by atoms with Crippen LogP contribution in [0, 0.1) is 11.7 Å². The fourth-order valence-electron chi connectivity index (χ4n) is 4.44. The number of nitrogens with zero attached hydrogens (tertiary/aromatic N) is 2. The van der Waals surface area contributed by atoms with Crippen molar-refractivity contribution in [2.24, 2.45) is 11.7 Å². The number of hydrogen-bond acceptors (Lipinski definition) is 3. The van der Waals surface area contributed by atoms with Crippen LogP contribution < -0.4 is 10.5 Å². The summed E-state index contributed by atoms with van der Waals surface area (Å²) in [6.45, 7) is 2.64. The summed E-state index contributed by atoms with van der Waals surface area (Å²) in [4.78, 5) is 27.7. The van der Waals surface area contributed by atoms with Gasteiger partial charge in [0.05, 0.1) is 5.56 Å². The number of carbonyl (C=O) groups excluding carboxylic acids is 2. The van der Waals surface area contributed by atoms with Gasteiger partial charge >= 0.3 is 6.03 Å². The minimum Gasteiger partial charge on any atom is -0.457 e. The molecule has 176 valence electrons. The molecule has 1 fully saturated rings. The van der Waals surface area contributed by atoms with Crippen LogP contribution in [0.1, 0.15) is 36.5 Å². The topological polar surface area (TPSA) is 75.9 Å². The van der Waals surface area contributed by atoms with Crippen LogP contribution >= 0.6 is 0 Å². The zero-order valence-electron chi connectivity index (χ0n) is 18.3. The minimum absolute atomic E-state index is 0.0641. The summed E-state index contributed by atoms with van der Waals surface area (Å²) in [5.41, 5.74) is 6.66. The highest BCUT2D eigenvalue weighted by Crippen LogP contribution is 2.33. The predicted molar refractivity (Wildman–Crippen MR) is 115 cm³/mol. The number of primary amides is 1. The Morgan fingerprint density at radius 1 is 1.00 bits per heavy atom. The van der Waals surface area contributed by atoms with Crippen LogP contribution in [-0.4, -0.2) is 41.4 Å². The zero-order valence-corrected chi connectivity index (χ0v) is 18.3. The molecule has 1 saturated heterocycles. The maximum absolute atomic E-state index is 14.1. The van der Waals surface area contributed by atoms with E-state index in [2.05, 4.69) is 0 Å². The third kappa shape index (κ3) is 5.07. The Labute approximate surface area is 190 Å². The Morgan fingerprint density at radius 2 is 1.67 bits per heavy atom. The van der Waals surface area contributed by atoms with Crippen LogP contribution in [-0.2, 0) is 23.7 Å². The van der Waals surface area contributed by atoms with Crippen molar-refractivity contribution in [2.75, 3.05) is 19.6 Å². The van der Waals surface area contributed by atoms with E-state index in [1.807, 2.05) is 11.0 Å². The molecule has 0 saturated carbocycles. The molecule has 0 aliphatic carbocycles. The molecule has 0 bridgehead atoms. The van der Waals surface area contributed by atoms with E-state index in [0.717, 1.165) is 23.3 Å². The van der Waals surface area contributed by atoms with E-state index in [0.29, 0.717) is 58.1 Å². The summed E-state index contributed by atoms with van der Waals surface area (Å²) < 4.78 is 46.6. The Morgan fingerprint density at radius 3 is 2.30 bits per heavy atom. The number of nitrogens with two attached hydrogens (primary N) is 1. The molecule has 6 nitrogen and oxygen atoms in total. The Kier molecular flexibility index (Phi) is 6.23. The van der Waals surface area contributed by atoms with Crippen LogP contribution in [0.15, 0.2) is 36.4 Å². The smallest absolute Gasteiger partial charge is 0.314 e. The van der Waals surface area contributed by atoms with Gasteiger partial charge in [0.2, 0.25) is 5.91 Å². The first-order chi connectivity index (χ1) is 15.6. The quantitative estimate of drug-likeness (QED) is 0.733. The minimum atomic E-state index is -3.28. The zero-order chi connectivity index (χ0) is 23.8. The third-order valence-electron chi connectivity index (χ3n) is 6.31. The van der Waals surface area contributed by atoms with Crippen molar-refractivity contribution in [1.29, 1.82) is 0 Å². The first-order valence-electron chi connectivity index (χ1n) is 10.9. The lowest BCUT2D eigenvalue weighted by Gasteiger charge is -2.35. The largest absolute Gasteiger partial charge is 0.457 e.